The maximum Gasteiger partial charge on any atom is 0.342 e. The summed E-state index contributed by atoms with van der Waals surface area (Å²) in [4.78, 5) is 50.5. The second-order valence-electron chi connectivity index (χ2n) is 8.42. The second kappa shape index (κ2) is 11.9. The number of nitrogens with zero attached hydrogens (tertiary/aromatic N) is 2. The molecule has 0 bridgehead atoms. The van der Waals surface area contributed by atoms with E-state index in [9.17, 15) is 19.2 Å². The summed E-state index contributed by atoms with van der Waals surface area (Å²) in [6.45, 7) is 3.64. The molecule has 10 nitrogen and oxygen atoms in total. The SMILES string of the molecule is CC(C)Cn1c(N)c(C(=O)COC(=O)c2ccccc2OCCOc2ccccc2)c(=O)n(C)c1=O. The monoisotopic (exact) mass is 495 g/mol. The van der Waals surface area contributed by atoms with Crippen LogP contribution in [0.15, 0.2) is 64.2 Å². The fourth-order valence-electron chi connectivity index (χ4n) is 3.46. The van der Waals surface area contributed by atoms with Gasteiger partial charge in [0.05, 0.1) is 0 Å². The first-order valence-corrected chi connectivity index (χ1v) is 11.4. The number of ether oxygens (including phenoxy) is 3. The molecule has 1 aromatic heterocycles. The van der Waals surface area contributed by atoms with Crippen molar-refractivity contribution in [3.05, 3.63) is 86.6 Å². The van der Waals surface area contributed by atoms with Crippen LogP contribution in [-0.2, 0) is 18.3 Å². The first kappa shape index (κ1) is 26.3. The summed E-state index contributed by atoms with van der Waals surface area (Å²) in [5, 5.41) is 0. The Morgan fingerprint density at radius 2 is 1.58 bits per heavy atom. The maximum absolute atomic E-state index is 12.8. The van der Waals surface area contributed by atoms with E-state index in [1.165, 1.54) is 17.7 Å². The minimum absolute atomic E-state index is 0.0397. The lowest BCUT2D eigenvalue weighted by Gasteiger charge is -2.16. The largest absolute Gasteiger partial charge is 0.490 e. The maximum atomic E-state index is 12.8. The summed E-state index contributed by atoms with van der Waals surface area (Å²) < 4.78 is 18.4. The van der Waals surface area contributed by atoms with E-state index in [0.717, 1.165) is 4.57 Å². The molecule has 1 heterocycles. The number of ketones is 1. The number of carbonyl (C=O) groups excluding carboxylic acids is 2. The Morgan fingerprint density at radius 3 is 2.28 bits per heavy atom. The second-order valence-corrected chi connectivity index (χ2v) is 8.42. The molecule has 10 heteroatoms. The number of Topliss-reactive ketones (excluding diaryl/α,β-unsaturated/α-hetero) is 1. The molecule has 3 aromatic rings. The van der Waals surface area contributed by atoms with Gasteiger partial charge in [-0.05, 0) is 30.2 Å². The van der Waals surface area contributed by atoms with E-state index >= 15 is 0 Å². The van der Waals surface area contributed by atoms with Gasteiger partial charge in [0.25, 0.3) is 5.56 Å². The zero-order chi connectivity index (χ0) is 26.2. The lowest BCUT2D eigenvalue weighted by molar-refractivity contribution is 0.0469. The van der Waals surface area contributed by atoms with Gasteiger partial charge >= 0.3 is 11.7 Å². The number of carbonyl (C=O) groups is 2. The third-order valence-corrected chi connectivity index (χ3v) is 5.20. The van der Waals surface area contributed by atoms with Crippen molar-refractivity contribution >= 4 is 17.6 Å². The zero-order valence-corrected chi connectivity index (χ0v) is 20.4. The quantitative estimate of drug-likeness (QED) is 0.243. The van der Waals surface area contributed by atoms with Crippen molar-refractivity contribution in [2.24, 2.45) is 13.0 Å². The molecule has 0 atom stereocenters. The van der Waals surface area contributed by atoms with Crippen molar-refractivity contribution < 1.29 is 23.8 Å². The molecule has 0 saturated carbocycles. The number of nitrogen functional groups attached to an aromatic ring is 1. The van der Waals surface area contributed by atoms with Gasteiger partial charge in [-0.15, -0.1) is 0 Å². The van der Waals surface area contributed by atoms with Gasteiger partial charge in [-0.2, -0.15) is 0 Å². The molecule has 0 aliphatic heterocycles. The molecule has 0 amide bonds. The Hall–Kier alpha value is -4.34. The molecular weight excluding hydrogens is 466 g/mol. The predicted octanol–water partition coefficient (Wildman–Crippen LogP) is 2.28. The fraction of sp³-hybridized carbons (Fsp3) is 0.308. The van der Waals surface area contributed by atoms with Crippen molar-refractivity contribution in [2.75, 3.05) is 25.6 Å². The Kier molecular flexibility index (Phi) is 8.66. The minimum atomic E-state index is -0.847. The van der Waals surface area contributed by atoms with Gasteiger partial charge in [-0.3, -0.25) is 18.7 Å². The molecule has 0 spiro atoms. The molecule has 36 heavy (non-hydrogen) atoms. The number of hydrogen-bond donors (Lipinski definition) is 1. The van der Waals surface area contributed by atoms with Crippen LogP contribution in [0.4, 0.5) is 5.82 Å². The molecule has 0 fully saturated rings. The smallest absolute Gasteiger partial charge is 0.342 e. The van der Waals surface area contributed by atoms with Gasteiger partial charge in [-0.25, -0.2) is 9.59 Å². The Labute approximate surface area is 207 Å². The fourth-order valence-corrected chi connectivity index (χ4v) is 3.46. The van der Waals surface area contributed by atoms with Crippen LogP contribution in [0.5, 0.6) is 11.5 Å². The van der Waals surface area contributed by atoms with Gasteiger partial charge in [0.15, 0.2) is 6.61 Å². The lowest BCUT2D eigenvalue weighted by atomic mass is 10.1. The summed E-state index contributed by atoms with van der Waals surface area (Å²) in [6.07, 6.45) is 0. The number of anilines is 1. The normalized spacial score (nSPS) is 10.8. The van der Waals surface area contributed by atoms with E-state index in [0.29, 0.717) is 5.75 Å². The molecule has 0 radical (unpaired) electrons. The zero-order valence-electron chi connectivity index (χ0n) is 20.4. The highest BCUT2D eigenvalue weighted by Gasteiger charge is 2.24. The molecule has 190 valence electrons. The van der Waals surface area contributed by atoms with Gasteiger partial charge < -0.3 is 19.9 Å². The van der Waals surface area contributed by atoms with E-state index < -0.39 is 35.2 Å². The predicted molar refractivity (Wildman–Crippen MR) is 134 cm³/mol. The lowest BCUT2D eigenvalue weighted by Crippen LogP contribution is -2.43. The van der Waals surface area contributed by atoms with Crippen molar-refractivity contribution in [3.63, 3.8) is 0 Å². The van der Waals surface area contributed by atoms with Crippen molar-refractivity contribution in [1.29, 1.82) is 0 Å². The number of aromatic nitrogens is 2. The van der Waals surface area contributed by atoms with E-state index in [1.54, 1.807) is 18.2 Å². The third kappa shape index (κ3) is 6.21. The molecule has 0 unspecified atom stereocenters. The van der Waals surface area contributed by atoms with Crippen LogP contribution in [0.2, 0.25) is 0 Å². The van der Waals surface area contributed by atoms with E-state index in [1.807, 2.05) is 44.2 Å². The number of rotatable bonds is 11. The van der Waals surface area contributed by atoms with Gasteiger partial charge in [0.1, 0.15) is 41.7 Å². The highest BCUT2D eigenvalue weighted by Crippen LogP contribution is 2.19. The van der Waals surface area contributed by atoms with Crippen molar-refractivity contribution in [3.8, 4) is 11.5 Å². The van der Waals surface area contributed by atoms with Gasteiger partial charge in [0.2, 0.25) is 5.78 Å². The molecule has 3 rings (SSSR count). The number of para-hydroxylation sites is 2. The number of hydrogen-bond acceptors (Lipinski definition) is 8. The average Bonchev–Trinajstić information content (AvgIpc) is 2.87. The van der Waals surface area contributed by atoms with Crippen LogP contribution in [0.1, 0.15) is 34.6 Å². The van der Waals surface area contributed by atoms with Crippen molar-refractivity contribution in [1.82, 2.24) is 9.13 Å². The Morgan fingerprint density at radius 1 is 0.944 bits per heavy atom. The van der Waals surface area contributed by atoms with Gasteiger partial charge in [0, 0.05) is 13.6 Å². The van der Waals surface area contributed by atoms with Crippen LogP contribution in [0, 0.1) is 5.92 Å². The molecule has 0 saturated heterocycles. The molecule has 2 N–H and O–H groups in total. The highest BCUT2D eigenvalue weighted by atomic mass is 16.5. The highest BCUT2D eigenvalue weighted by molar-refractivity contribution is 6.02. The number of esters is 1. The Bertz CT molecular complexity index is 1340. The topological polar surface area (TPSA) is 132 Å². The minimum Gasteiger partial charge on any atom is -0.490 e. The number of nitrogens with two attached hydrogens (primary N) is 1. The van der Waals surface area contributed by atoms with E-state index in [4.69, 9.17) is 19.9 Å². The molecular formula is C26H29N3O7. The average molecular weight is 496 g/mol. The van der Waals surface area contributed by atoms with Crippen LogP contribution in [0.3, 0.4) is 0 Å². The third-order valence-electron chi connectivity index (χ3n) is 5.20. The Balaban J connectivity index is 1.68. The van der Waals surface area contributed by atoms with E-state index in [2.05, 4.69) is 0 Å². The van der Waals surface area contributed by atoms with Crippen LogP contribution in [-0.4, -0.2) is 40.7 Å². The summed E-state index contributed by atoms with van der Waals surface area (Å²) in [5.74, 6) is -0.884. The first-order valence-electron chi connectivity index (χ1n) is 11.4. The standard InChI is InChI=1S/C26H29N3O7/c1-17(2)15-29-23(27)22(24(31)28(3)26(29)33)20(30)16-36-25(32)19-11-7-8-12-21(19)35-14-13-34-18-9-5-4-6-10-18/h4-12,17H,13-16,27H2,1-3H3. The van der Waals surface area contributed by atoms with Crippen molar-refractivity contribution in [2.45, 2.75) is 20.4 Å². The number of benzene rings is 2. The van der Waals surface area contributed by atoms with Crippen LogP contribution >= 0.6 is 0 Å². The summed E-state index contributed by atoms with van der Waals surface area (Å²) in [5.41, 5.74) is 4.25. The summed E-state index contributed by atoms with van der Waals surface area (Å²) >= 11 is 0. The molecule has 0 aliphatic carbocycles. The van der Waals surface area contributed by atoms with E-state index in [-0.39, 0.29) is 42.8 Å². The summed E-state index contributed by atoms with van der Waals surface area (Å²) in [7, 11) is 1.26. The summed E-state index contributed by atoms with van der Waals surface area (Å²) in [6, 6.07) is 15.6. The van der Waals surface area contributed by atoms with Crippen LogP contribution in [0.25, 0.3) is 0 Å². The first-order chi connectivity index (χ1) is 17.2. The molecule has 0 aliphatic rings. The molecule has 2 aromatic carbocycles. The van der Waals surface area contributed by atoms with Gasteiger partial charge in [-0.1, -0.05) is 44.2 Å². The van der Waals surface area contributed by atoms with Crippen LogP contribution < -0.4 is 26.5 Å².